The van der Waals surface area contributed by atoms with Crippen LogP contribution in [0.1, 0.15) is 22.6 Å². The summed E-state index contributed by atoms with van der Waals surface area (Å²) in [6.07, 6.45) is 7.45. The van der Waals surface area contributed by atoms with Gasteiger partial charge >= 0.3 is 0 Å². The van der Waals surface area contributed by atoms with Crippen LogP contribution in [0.25, 0.3) is 0 Å². The zero-order valence-corrected chi connectivity index (χ0v) is 14.5. The summed E-state index contributed by atoms with van der Waals surface area (Å²) >= 11 is 0. The van der Waals surface area contributed by atoms with E-state index < -0.39 is 0 Å². The van der Waals surface area contributed by atoms with Gasteiger partial charge in [-0.3, -0.25) is 14.8 Å². The first kappa shape index (κ1) is 17.1. The van der Waals surface area contributed by atoms with Crippen molar-refractivity contribution in [2.75, 3.05) is 26.3 Å². The van der Waals surface area contributed by atoms with E-state index in [1.807, 2.05) is 23.1 Å². The van der Waals surface area contributed by atoms with Gasteiger partial charge in [0, 0.05) is 44.2 Å². The zero-order chi connectivity index (χ0) is 17.8. The van der Waals surface area contributed by atoms with Crippen molar-refractivity contribution in [3.8, 4) is 0 Å². The molecule has 2 aromatic rings. The van der Waals surface area contributed by atoms with Crippen LogP contribution in [0.2, 0.25) is 0 Å². The predicted octanol–water partition coefficient (Wildman–Crippen LogP) is 1.57. The van der Waals surface area contributed by atoms with Gasteiger partial charge in [0.2, 0.25) is 0 Å². The van der Waals surface area contributed by atoms with Crippen LogP contribution in [0.4, 0.5) is 0 Å². The zero-order valence-electron chi connectivity index (χ0n) is 14.5. The first-order chi connectivity index (χ1) is 12.8. The van der Waals surface area contributed by atoms with Gasteiger partial charge in [0.25, 0.3) is 5.91 Å². The van der Waals surface area contributed by atoms with Gasteiger partial charge in [-0.05, 0) is 24.5 Å². The molecule has 3 atom stereocenters. The third-order valence-corrected chi connectivity index (χ3v) is 5.12. The molecule has 0 saturated carbocycles. The average molecular weight is 354 g/mol. The van der Waals surface area contributed by atoms with E-state index in [1.54, 1.807) is 18.6 Å². The Kier molecular flexibility index (Phi) is 5.17. The number of hydrogen-bond donors (Lipinski definition) is 0. The molecule has 2 aliphatic heterocycles. The molecule has 0 bridgehead atoms. The Labute approximate surface area is 152 Å². The first-order valence-corrected chi connectivity index (χ1v) is 8.96. The highest BCUT2D eigenvalue weighted by atomic mass is 16.5. The van der Waals surface area contributed by atoms with Crippen molar-refractivity contribution in [2.24, 2.45) is 11.8 Å². The molecular weight excluding hydrogens is 332 g/mol. The number of hydrogen-bond acceptors (Lipinski definition) is 6. The SMILES string of the molecule is O=C(c1cnccn1)N1C[C@H]2[C@@H](CCOCc3ccccn3)CO[C@H]2C1. The molecule has 0 aromatic carbocycles. The van der Waals surface area contributed by atoms with Crippen LogP contribution in [0.5, 0.6) is 0 Å². The van der Waals surface area contributed by atoms with Crippen LogP contribution in [-0.2, 0) is 16.1 Å². The van der Waals surface area contributed by atoms with E-state index in [4.69, 9.17) is 9.47 Å². The second-order valence-corrected chi connectivity index (χ2v) is 6.76. The molecule has 4 rings (SSSR count). The van der Waals surface area contributed by atoms with Crippen LogP contribution in [0, 0.1) is 11.8 Å². The number of likely N-dealkylation sites (tertiary alicyclic amines) is 1. The fourth-order valence-electron chi connectivity index (χ4n) is 3.73. The standard InChI is InChI=1S/C19H22N4O3/c24-19(17-9-20-6-7-22-17)23-10-16-14(12-26-18(16)11-23)4-8-25-13-15-3-1-2-5-21-15/h1-3,5-7,9,14,16,18H,4,8,10-13H2/t14-,16-,18-/m0/s1. The van der Waals surface area contributed by atoms with E-state index in [0.29, 0.717) is 43.8 Å². The van der Waals surface area contributed by atoms with E-state index in [2.05, 4.69) is 15.0 Å². The van der Waals surface area contributed by atoms with E-state index in [0.717, 1.165) is 18.7 Å². The summed E-state index contributed by atoms with van der Waals surface area (Å²) in [5, 5.41) is 0. The maximum Gasteiger partial charge on any atom is 0.274 e. The van der Waals surface area contributed by atoms with Gasteiger partial charge in [0.05, 0.1) is 31.2 Å². The lowest BCUT2D eigenvalue weighted by Gasteiger charge is -2.19. The van der Waals surface area contributed by atoms with Crippen molar-refractivity contribution in [3.05, 3.63) is 54.4 Å². The van der Waals surface area contributed by atoms with Crippen LogP contribution < -0.4 is 0 Å². The molecule has 2 aromatic heterocycles. The number of nitrogens with zero attached hydrogens (tertiary/aromatic N) is 4. The predicted molar refractivity (Wildman–Crippen MR) is 93.2 cm³/mol. The molecule has 4 heterocycles. The summed E-state index contributed by atoms with van der Waals surface area (Å²) in [6, 6.07) is 5.82. The van der Waals surface area contributed by atoms with Crippen LogP contribution in [0.3, 0.4) is 0 Å². The molecule has 0 aliphatic carbocycles. The van der Waals surface area contributed by atoms with Crippen LogP contribution >= 0.6 is 0 Å². The van der Waals surface area contributed by atoms with Gasteiger partial charge in [0.1, 0.15) is 5.69 Å². The Morgan fingerprint density at radius 3 is 3.00 bits per heavy atom. The van der Waals surface area contributed by atoms with Crippen molar-refractivity contribution in [3.63, 3.8) is 0 Å². The normalized spacial score (nSPS) is 24.6. The molecule has 7 nitrogen and oxygen atoms in total. The fourth-order valence-corrected chi connectivity index (χ4v) is 3.73. The molecule has 2 fully saturated rings. The molecular formula is C19H22N4O3. The number of carbonyl (C=O) groups excluding carboxylic acids is 1. The van der Waals surface area contributed by atoms with E-state index in [-0.39, 0.29) is 12.0 Å². The Balaban J connectivity index is 1.26. The highest BCUT2D eigenvalue weighted by molar-refractivity contribution is 5.92. The first-order valence-electron chi connectivity index (χ1n) is 8.96. The van der Waals surface area contributed by atoms with Crippen molar-refractivity contribution in [1.82, 2.24) is 19.9 Å². The summed E-state index contributed by atoms with van der Waals surface area (Å²) in [5.41, 5.74) is 1.33. The minimum absolute atomic E-state index is 0.0683. The highest BCUT2D eigenvalue weighted by Gasteiger charge is 2.45. The molecule has 0 unspecified atom stereocenters. The molecule has 2 aliphatic rings. The number of fused-ring (bicyclic) bond motifs is 1. The molecule has 0 spiro atoms. The summed E-state index contributed by atoms with van der Waals surface area (Å²) in [7, 11) is 0. The highest BCUT2D eigenvalue weighted by Crippen LogP contribution is 2.35. The molecule has 7 heteroatoms. The molecule has 26 heavy (non-hydrogen) atoms. The Bertz CT molecular complexity index is 728. The molecule has 1 amide bonds. The van der Waals surface area contributed by atoms with E-state index in [1.165, 1.54) is 6.20 Å². The number of rotatable bonds is 6. The maximum absolute atomic E-state index is 12.5. The van der Waals surface area contributed by atoms with Gasteiger partial charge in [-0.15, -0.1) is 0 Å². The second kappa shape index (κ2) is 7.88. The van der Waals surface area contributed by atoms with Crippen molar-refractivity contribution >= 4 is 5.91 Å². The van der Waals surface area contributed by atoms with Crippen LogP contribution in [0.15, 0.2) is 43.0 Å². The topological polar surface area (TPSA) is 77.4 Å². The quantitative estimate of drug-likeness (QED) is 0.733. The lowest BCUT2D eigenvalue weighted by atomic mass is 9.91. The lowest BCUT2D eigenvalue weighted by Crippen LogP contribution is -2.32. The smallest absolute Gasteiger partial charge is 0.274 e. The molecule has 136 valence electrons. The number of aromatic nitrogens is 3. The minimum atomic E-state index is -0.0683. The number of carbonyl (C=O) groups is 1. The molecule has 2 saturated heterocycles. The third kappa shape index (κ3) is 3.73. The molecule has 0 radical (unpaired) electrons. The summed E-state index contributed by atoms with van der Waals surface area (Å²) < 4.78 is 11.7. The average Bonchev–Trinajstić information content (AvgIpc) is 3.27. The maximum atomic E-state index is 12.5. The largest absolute Gasteiger partial charge is 0.376 e. The Morgan fingerprint density at radius 2 is 2.19 bits per heavy atom. The lowest BCUT2D eigenvalue weighted by molar-refractivity contribution is 0.0642. The number of pyridine rings is 1. The van der Waals surface area contributed by atoms with Gasteiger partial charge in [-0.2, -0.15) is 0 Å². The summed E-state index contributed by atoms with van der Waals surface area (Å²) in [4.78, 5) is 26.7. The Morgan fingerprint density at radius 1 is 1.23 bits per heavy atom. The molecule has 0 N–H and O–H groups in total. The van der Waals surface area contributed by atoms with Gasteiger partial charge in [0.15, 0.2) is 0 Å². The monoisotopic (exact) mass is 354 g/mol. The van der Waals surface area contributed by atoms with Crippen molar-refractivity contribution in [2.45, 2.75) is 19.1 Å². The van der Waals surface area contributed by atoms with Gasteiger partial charge in [-0.25, -0.2) is 4.98 Å². The number of ether oxygens (including phenoxy) is 2. The van der Waals surface area contributed by atoms with Crippen molar-refractivity contribution < 1.29 is 14.3 Å². The summed E-state index contributed by atoms with van der Waals surface area (Å²) in [6.45, 7) is 3.29. The minimum Gasteiger partial charge on any atom is -0.376 e. The van der Waals surface area contributed by atoms with Gasteiger partial charge in [-0.1, -0.05) is 6.07 Å². The fraction of sp³-hybridized carbons (Fsp3) is 0.474. The van der Waals surface area contributed by atoms with Gasteiger partial charge < -0.3 is 14.4 Å². The third-order valence-electron chi connectivity index (χ3n) is 5.12. The van der Waals surface area contributed by atoms with Crippen LogP contribution in [-0.4, -0.2) is 58.2 Å². The van der Waals surface area contributed by atoms with E-state index >= 15 is 0 Å². The van der Waals surface area contributed by atoms with E-state index in [9.17, 15) is 4.79 Å². The summed E-state index contributed by atoms with van der Waals surface area (Å²) in [5.74, 6) is 0.721. The number of amides is 1. The second-order valence-electron chi connectivity index (χ2n) is 6.76. The van der Waals surface area contributed by atoms with Crippen molar-refractivity contribution in [1.29, 1.82) is 0 Å². The Hall–Kier alpha value is -2.38.